The minimum Gasteiger partial charge on any atom is -0.393 e. The zero-order valence-corrected chi connectivity index (χ0v) is 15.1. The molecule has 4 aliphatic rings. The summed E-state index contributed by atoms with van der Waals surface area (Å²) in [6.45, 7) is 1.36. The van der Waals surface area contributed by atoms with Crippen molar-refractivity contribution in [1.29, 1.82) is 0 Å². The van der Waals surface area contributed by atoms with E-state index in [0.29, 0.717) is 30.6 Å². The molecule has 4 saturated carbocycles. The third-order valence-electron chi connectivity index (χ3n) is 9.18. The zero-order valence-electron chi connectivity index (χ0n) is 19.1. The van der Waals surface area contributed by atoms with E-state index in [4.69, 9.17) is 5.48 Å². The van der Waals surface area contributed by atoms with Crippen LogP contribution in [0.5, 0.6) is 0 Å². The molecule has 4 rings (SSSR count). The van der Waals surface area contributed by atoms with Crippen LogP contribution < -0.4 is 0 Å². The average Bonchev–Trinajstić information content (AvgIpc) is 2.87. The minimum atomic E-state index is -2.94. The van der Waals surface area contributed by atoms with Gasteiger partial charge < -0.3 is 15.3 Å². The van der Waals surface area contributed by atoms with Gasteiger partial charge in [0.1, 0.15) is 0 Å². The number of hydrogen-bond donors (Lipinski definition) is 3. The van der Waals surface area contributed by atoms with Crippen LogP contribution in [0.3, 0.4) is 0 Å². The van der Waals surface area contributed by atoms with Crippen LogP contribution in [0.1, 0.15) is 84.0 Å². The lowest BCUT2D eigenvalue weighted by atomic mass is 9.44. The Morgan fingerprint density at radius 1 is 1.04 bits per heavy atom. The summed E-state index contributed by atoms with van der Waals surface area (Å²) in [5.41, 5.74) is -2.47. The Balaban J connectivity index is 1.66. The van der Waals surface area contributed by atoms with Gasteiger partial charge in [0.2, 0.25) is 0 Å². The molecule has 3 heteroatoms. The van der Waals surface area contributed by atoms with Crippen molar-refractivity contribution in [2.75, 3.05) is 0 Å². The molecule has 4 aliphatic carbocycles. The molecule has 0 aromatic heterocycles. The smallest absolute Gasteiger partial charge is 0.0958 e. The molecule has 0 bridgehead atoms. The summed E-state index contributed by atoms with van der Waals surface area (Å²) in [5, 5.41) is 32.4. The first-order valence-corrected chi connectivity index (χ1v) is 9.91. The maximum absolute atomic E-state index is 11.5. The van der Waals surface area contributed by atoms with Crippen molar-refractivity contribution in [2.45, 2.75) is 96.3 Å². The molecular formula is C21H36O3. The van der Waals surface area contributed by atoms with Gasteiger partial charge in [-0.25, -0.2) is 0 Å². The predicted octanol–water partition coefficient (Wildman–Crippen LogP) is 3.50. The highest BCUT2D eigenvalue weighted by molar-refractivity contribution is 5.15. The highest BCUT2D eigenvalue weighted by Gasteiger charge is 2.65. The van der Waals surface area contributed by atoms with Crippen LogP contribution in [0.4, 0.5) is 0 Å². The summed E-state index contributed by atoms with van der Waals surface area (Å²) < 4.78 is 31.3. The van der Waals surface area contributed by atoms with E-state index in [1.165, 1.54) is 0 Å². The number of fused-ring (bicyclic) bond motifs is 5. The predicted molar refractivity (Wildman–Crippen MR) is 94.4 cm³/mol. The van der Waals surface area contributed by atoms with Crippen LogP contribution in [0.2, 0.25) is 0 Å². The molecule has 0 radical (unpaired) electrons. The molecule has 3 N–H and O–H groups in total. The molecule has 0 spiro atoms. The molecule has 24 heavy (non-hydrogen) atoms. The van der Waals surface area contributed by atoms with Gasteiger partial charge >= 0.3 is 0 Å². The van der Waals surface area contributed by atoms with Crippen LogP contribution >= 0.6 is 0 Å². The quantitative estimate of drug-likeness (QED) is 0.684. The van der Waals surface area contributed by atoms with Crippen LogP contribution in [-0.2, 0) is 0 Å². The van der Waals surface area contributed by atoms with Gasteiger partial charge in [-0.1, -0.05) is 13.8 Å². The van der Waals surface area contributed by atoms with Crippen molar-refractivity contribution in [3.05, 3.63) is 0 Å². The lowest BCUT2D eigenvalue weighted by molar-refractivity contribution is -0.186. The van der Waals surface area contributed by atoms with Gasteiger partial charge in [-0.2, -0.15) is 0 Å². The molecule has 0 aromatic rings. The number of aliphatic hydroxyl groups is 3. The van der Waals surface area contributed by atoms with Crippen LogP contribution in [0.25, 0.3) is 0 Å². The van der Waals surface area contributed by atoms with E-state index in [-0.39, 0.29) is 23.9 Å². The van der Waals surface area contributed by atoms with Crippen LogP contribution in [0, 0.1) is 34.5 Å². The van der Waals surface area contributed by atoms with Gasteiger partial charge in [0, 0.05) is 9.53 Å². The Morgan fingerprint density at radius 2 is 1.79 bits per heavy atom. The summed E-state index contributed by atoms with van der Waals surface area (Å²) in [7, 11) is 0. The third kappa shape index (κ3) is 2.07. The Morgan fingerprint density at radius 3 is 2.54 bits per heavy atom. The summed E-state index contributed by atoms with van der Waals surface area (Å²) in [6.07, 6.45) is 4.25. The van der Waals surface area contributed by atoms with Gasteiger partial charge in [-0.3, -0.25) is 0 Å². The average molecular weight is 341 g/mol. The van der Waals surface area contributed by atoms with Gasteiger partial charge in [0.25, 0.3) is 0 Å². The van der Waals surface area contributed by atoms with Crippen LogP contribution in [0.15, 0.2) is 0 Å². The Labute approximate surface area is 152 Å². The molecule has 3 nitrogen and oxygen atoms in total. The van der Waals surface area contributed by atoms with Crippen molar-refractivity contribution in [2.24, 2.45) is 34.5 Å². The van der Waals surface area contributed by atoms with Crippen molar-refractivity contribution < 1.29 is 20.8 Å². The van der Waals surface area contributed by atoms with E-state index in [9.17, 15) is 15.3 Å². The van der Waals surface area contributed by atoms with E-state index in [0.717, 1.165) is 38.5 Å². The second-order valence-corrected chi connectivity index (χ2v) is 9.79. The molecule has 0 heterocycles. The largest absolute Gasteiger partial charge is 0.393 e. The lowest BCUT2D eigenvalue weighted by Crippen LogP contribution is -2.59. The summed E-state index contributed by atoms with van der Waals surface area (Å²) in [4.78, 5) is 0. The van der Waals surface area contributed by atoms with Crippen molar-refractivity contribution in [3.63, 3.8) is 0 Å². The summed E-state index contributed by atoms with van der Waals surface area (Å²) in [5.74, 6) is 1.60. The van der Waals surface area contributed by atoms with Gasteiger partial charge in [0.15, 0.2) is 0 Å². The Kier molecular flexibility index (Phi) is 2.97. The number of hydrogen-bond acceptors (Lipinski definition) is 3. The molecule has 0 amide bonds. The SMILES string of the molecule is [2H]C([2H])([2H])[C@]([2H])(O)[C@@]1(O)CC[C@H]2[C@@H]3CC[C@@H]4C[C@H](O)CC[C@]4(C)[C@H]3CC[C@@]21C. The molecule has 0 unspecified atom stereocenters. The van der Waals surface area contributed by atoms with Crippen LogP contribution in [-0.4, -0.2) is 33.1 Å². The summed E-state index contributed by atoms with van der Waals surface area (Å²) >= 11 is 0. The fourth-order valence-electron chi connectivity index (χ4n) is 7.64. The first-order valence-electron chi connectivity index (χ1n) is 11.9. The van der Waals surface area contributed by atoms with Gasteiger partial charge in [0.05, 0.1) is 19.2 Å². The van der Waals surface area contributed by atoms with Gasteiger partial charge in [-0.15, -0.1) is 0 Å². The molecule has 4 fully saturated rings. The fraction of sp³-hybridized carbons (Fsp3) is 1.00. The third-order valence-corrected chi connectivity index (χ3v) is 9.18. The Bertz CT molecular complexity index is 638. The monoisotopic (exact) mass is 340 g/mol. The fourth-order valence-corrected chi connectivity index (χ4v) is 7.64. The topological polar surface area (TPSA) is 60.7 Å². The molecule has 0 saturated heterocycles. The minimum absolute atomic E-state index is 0.139. The molecule has 0 aliphatic heterocycles. The second kappa shape index (κ2) is 5.44. The number of rotatable bonds is 1. The lowest BCUT2D eigenvalue weighted by Gasteiger charge is -2.61. The second-order valence-electron chi connectivity index (χ2n) is 9.79. The van der Waals surface area contributed by atoms with E-state index >= 15 is 0 Å². The molecular weight excluding hydrogens is 300 g/mol. The van der Waals surface area contributed by atoms with Gasteiger partial charge in [-0.05, 0) is 93.7 Å². The maximum Gasteiger partial charge on any atom is 0.0958 e. The van der Waals surface area contributed by atoms with E-state index in [1.54, 1.807) is 0 Å². The first-order chi connectivity index (χ1) is 12.8. The normalized spacial score (nSPS) is 62.8. The number of aliphatic hydroxyl groups excluding tert-OH is 1. The van der Waals surface area contributed by atoms with Crippen molar-refractivity contribution in [3.8, 4) is 0 Å². The highest BCUT2D eigenvalue weighted by atomic mass is 16.3. The summed E-state index contributed by atoms with van der Waals surface area (Å²) in [6, 6.07) is 0. The van der Waals surface area contributed by atoms with Crippen molar-refractivity contribution >= 4 is 0 Å². The maximum atomic E-state index is 11.5. The van der Waals surface area contributed by atoms with E-state index < -0.39 is 23.9 Å². The molecule has 0 aromatic carbocycles. The van der Waals surface area contributed by atoms with E-state index in [2.05, 4.69) is 6.92 Å². The standard InChI is InChI=1S/C21H36O3/c1-13(22)21(24)11-8-18-16-5-4-14-12-15(23)6-9-19(14,2)17(16)7-10-20(18,21)3/h13-18,22-24H,4-12H2,1-3H3/t13-,14+,15+,16+,17-,18-,19-,20-,21-/m0/s1/i1D3,13D. The van der Waals surface area contributed by atoms with Crippen molar-refractivity contribution in [1.82, 2.24) is 0 Å². The Hall–Kier alpha value is -0.120. The van der Waals surface area contributed by atoms with E-state index in [1.807, 2.05) is 6.92 Å². The zero-order chi connectivity index (χ0) is 20.8. The molecule has 138 valence electrons. The highest BCUT2D eigenvalue weighted by Crippen LogP contribution is 2.68. The molecule has 9 atom stereocenters. The first kappa shape index (κ1) is 13.1.